The molecule has 0 fully saturated rings. The molecule has 2 rings (SSSR count). The number of hydrogen-bond donors (Lipinski definition) is 2. The third kappa shape index (κ3) is 3.85. The predicted molar refractivity (Wildman–Crippen MR) is 88.4 cm³/mol. The number of aromatic nitrogens is 2. The lowest BCUT2D eigenvalue weighted by Gasteiger charge is -2.11. The maximum atomic E-state index is 12.3. The van der Waals surface area contributed by atoms with Crippen molar-refractivity contribution in [1.82, 2.24) is 14.5 Å². The molecule has 0 aliphatic carbocycles. The molecule has 1 aromatic heterocycles. The fourth-order valence-corrected chi connectivity index (χ4v) is 4.99. The van der Waals surface area contributed by atoms with Crippen molar-refractivity contribution in [2.45, 2.75) is 11.3 Å². The zero-order chi connectivity index (χ0) is 15.6. The van der Waals surface area contributed by atoms with Gasteiger partial charge in [-0.3, -0.25) is 4.68 Å². The molecule has 114 valence electrons. The molecule has 1 aromatic carbocycles. The van der Waals surface area contributed by atoms with Gasteiger partial charge in [0.2, 0.25) is 10.0 Å². The van der Waals surface area contributed by atoms with Crippen LogP contribution in [-0.2, 0) is 23.5 Å². The first kappa shape index (κ1) is 16.5. The van der Waals surface area contributed by atoms with E-state index in [0.717, 1.165) is 5.69 Å². The number of halogens is 2. The predicted octanol–water partition coefficient (Wildman–Crippen LogP) is 2.05. The largest absolute Gasteiger partial charge is 0.398 e. The molecule has 21 heavy (non-hydrogen) atoms. The van der Waals surface area contributed by atoms with Crippen molar-refractivity contribution in [2.75, 3.05) is 12.3 Å². The summed E-state index contributed by atoms with van der Waals surface area (Å²) in [7, 11) is -1.86. The Balaban J connectivity index is 2.14. The lowest BCUT2D eigenvalue weighted by molar-refractivity contribution is 0.579. The van der Waals surface area contributed by atoms with Crippen molar-refractivity contribution in [3.63, 3.8) is 0 Å². The fourth-order valence-electron chi connectivity index (χ4n) is 1.90. The number of nitrogen functional groups attached to an aromatic ring is 1. The number of hydrogen-bond acceptors (Lipinski definition) is 4. The molecule has 0 aliphatic heterocycles. The summed E-state index contributed by atoms with van der Waals surface area (Å²) >= 11 is 6.50. The van der Waals surface area contributed by atoms with Gasteiger partial charge in [-0.2, -0.15) is 5.10 Å². The van der Waals surface area contributed by atoms with E-state index in [1.807, 2.05) is 13.1 Å². The molecule has 0 amide bonds. The lowest BCUT2D eigenvalue weighted by atomic mass is 10.3. The third-order valence-corrected chi connectivity index (χ3v) is 5.82. The number of nitrogens with zero attached hydrogens (tertiary/aromatic N) is 2. The molecule has 0 saturated carbocycles. The second-order valence-electron chi connectivity index (χ2n) is 4.40. The first-order valence-electron chi connectivity index (χ1n) is 6.02. The molecule has 6 nitrogen and oxygen atoms in total. The average molecular weight is 438 g/mol. The molecule has 0 spiro atoms. The number of benzene rings is 1. The highest BCUT2D eigenvalue weighted by Crippen LogP contribution is 2.31. The van der Waals surface area contributed by atoms with Crippen LogP contribution in [0.4, 0.5) is 5.69 Å². The van der Waals surface area contributed by atoms with Gasteiger partial charge in [-0.05, 0) is 34.1 Å². The second-order valence-corrected chi connectivity index (χ2v) is 7.87. The Labute approximate surface area is 140 Å². The van der Waals surface area contributed by atoms with Gasteiger partial charge >= 0.3 is 0 Å². The van der Waals surface area contributed by atoms with E-state index in [0.29, 0.717) is 15.4 Å². The zero-order valence-corrected chi connectivity index (χ0v) is 15.2. The summed E-state index contributed by atoms with van der Waals surface area (Å²) < 4.78 is 30.1. The maximum Gasteiger partial charge on any atom is 0.243 e. The molecule has 0 aliphatic rings. The van der Waals surface area contributed by atoms with Gasteiger partial charge in [-0.25, -0.2) is 13.1 Å². The lowest BCUT2D eigenvalue weighted by Crippen LogP contribution is -2.27. The van der Waals surface area contributed by atoms with Crippen LogP contribution in [0.3, 0.4) is 0 Å². The van der Waals surface area contributed by atoms with Gasteiger partial charge in [-0.15, -0.1) is 0 Å². The molecule has 2 aromatic rings. The topological polar surface area (TPSA) is 90.0 Å². The van der Waals surface area contributed by atoms with Crippen LogP contribution < -0.4 is 10.5 Å². The van der Waals surface area contributed by atoms with Gasteiger partial charge in [0.15, 0.2) is 0 Å². The number of sulfonamides is 1. The van der Waals surface area contributed by atoms with Crippen LogP contribution in [0.25, 0.3) is 0 Å². The van der Waals surface area contributed by atoms with Gasteiger partial charge in [-0.1, -0.05) is 15.9 Å². The van der Waals surface area contributed by atoms with Crippen LogP contribution in [0.1, 0.15) is 5.69 Å². The molecular formula is C12H14Br2N4O2S. The Bertz CT molecular complexity index is 735. The van der Waals surface area contributed by atoms with Gasteiger partial charge in [0, 0.05) is 40.8 Å². The van der Waals surface area contributed by atoms with Gasteiger partial charge in [0.05, 0.1) is 5.69 Å². The summed E-state index contributed by atoms with van der Waals surface area (Å²) in [5.74, 6) is 0. The third-order valence-electron chi connectivity index (χ3n) is 2.90. The summed E-state index contributed by atoms with van der Waals surface area (Å²) in [6, 6.07) is 5.05. The van der Waals surface area contributed by atoms with E-state index in [9.17, 15) is 8.42 Å². The number of rotatable bonds is 5. The highest BCUT2D eigenvalue weighted by molar-refractivity contribution is 9.11. The van der Waals surface area contributed by atoms with Crippen molar-refractivity contribution in [1.29, 1.82) is 0 Å². The normalized spacial score (nSPS) is 11.8. The summed E-state index contributed by atoms with van der Waals surface area (Å²) in [5, 5.41) is 4.03. The van der Waals surface area contributed by atoms with Crippen LogP contribution in [0.15, 0.2) is 38.2 Å². The fraction of sp³-hybridized carbons (Fsp3) is 0.250. The molecule has 0 atom stereocenters. The van der Waals surface area contributed by atoms with Crippen molar-refractivity contribution in [3.05, 3.63) is 39.0 Å². The molecule has 0 saturated heterocycles. The van der Waals surface area contributed by atoms with E-state index < -0.39 is 10.0 Å². The minimum absolute atomic E-state index is 0.0516. The summed E-state index contributed by atoms with van der Waals surface area (Å²) in [5.41, 5.74) is 6.93. The first-order valence-corrected chi connectivity index (χ1v) is 9.09. The van der Waals surface area contributed by atoms with Crippen LogP contribution >= 0.6 is 31.9 Å². The van der Waals surface area contributed by atoms with Crippen LogP contribution in [0.5, 0.6) is 0 Å². The van der Waals surface area contributed by atoms with Crippen molar-refractivity contribution in [3.8, 4) is 0 Å². The van der Waals surface area contributed by atoms with Crippen molar-refractivity contribution in [2.24, 2.45) is 7.05 Å². The van der Waals surface area contributed by atoms with E-state index in [1.54, 1.807) is 23.0 Å². The van der Waals surface area contributed by atoms with E-state index >= 15 is 0 Å². The molecule has 9 heteroatoms. The molecular weight excluding hydrogens is 424 g/mol. The second kappa shape index (κ2) is 6.47. The maximum absolute atomic E-state index is 12.3. The molecule has 0 radical (unpaired) electrons. The Kier molecular flexibility index (Phi) is 5.07. The number of aryl methyl sites for hydroxylation is 1. The summed E-state index contributed by atoms with van der Waals surface area (Å²) in [4.78, 5) is 0.0516. The minimum atomic E-state index is -3.68. The SMILES string of the molecule is Cn1nccc1CCNS(=O)(=O)c1c(N)cc(Br)cc1Br. The molecule has 0 unspecified atom stereocenters. The van der Waals surface area contributed by atoms with E-state index in [-0.39, 0.29) is 17.1 Å². The minimum Gasteiger partial charge on any atom is -0.398 e. The van der Waals surface area contributed by atoms with E-state index in [2.05, 4.69) is 41.7 Å². The molecule has 0 bridgehead atoms. The van der Waals surface area contributed by atoms with E-state index in [4.69, 9.17) is 5.73 Å². The Morgan fingerprint density at radius 3 is 2.67 bits per heavy atom. The van der Waals surface area contributed by atoms with Crippen molar-refractivity contribution >= 4 is 47.6 Å². The van der Waals surface area contributed by atoms with Gasteiger partial charge in [0.25, 0.3) is 0 Å². The van der Waals surface area contributed by atoms with Crippen molar-refractivity contribution < 1.29 is 8.42 Å². The number of nitrogens with two attached hydrogens (primary N) is 1. The Hall–Kier alpha value is -0.900. The summed E-state index contributed by atoms with van der Waals surface area (Å²) in [6.07, 6.45) is 2.22. The molecule has 3 N–H and O–H groups in total. The van der Waals surface area contributed by atoms with Crippen LogP contribution in [0.2, 0.25) is 0 Å². The number of nitrogens with one attached hydrogen (secondary N) is 1. The van der Waals surface area contributed by atoms with Crippen LogP contribution in [0, 0.1) is 0 Å². The first-order chi connectivity index (χ1) is 9.81. The summed E-state index contributed by atoms with van der Waals surface area (Å²) in [6.45, 7) is 0.268. The van der Waals surface area contributed by atoms with Gasteiger partial charge in [0.1, 0.15) is 4.90 Å². The standard InChI is InChI=1S/C12H14Br2N4O2S/c1-18-9(2-4-16-18)3-5-17-21(19,20)12-10(14)6-8(13)7-11(12)15/h2,4,6-7,17H,3,5,15H2,1H3. The Morgan fingerprint density at radius 1 is 1.38 bits per heavy atom. The smallest absolute Gasteiger partial charge is 0.243 e. The van der Waals surface area contributed by atoms with Crippen LogP contribution in [-0.4, -0.2) is 24.7 Å². The number of anilines is 1. The molecule has 1 heterocycles. The van der Waals surface area contributed by atoms with Gasteiger partial charge < -0.3 is 5.73 Å². The van der Waals surface area contributed by atoms with E-state index in [1.165, 1.54) is 0 Å². The zero-order valence-electron chi connectivity index (χ0n) is 11.2. The average Bonchev–Trinajstić information content (AvgIpc) is 2.73. The Morgan fingerprint density at radius 2 is 2.10 bits per heavy atom. The monoisotopic (exact) mass is 436 g/mol. The highest BCUT2D eigenvalue weighted by atomic mass is 79.9. The quantitative estimate of drug-likeness (QED) is 0.700. The highest BCUT2D eigenvalue weighted by Gasteiger charge is 2.21.